The van der Waals surface area contributed by atoms with E-state index in [-0.39, 0.29) is 0 Å². The summed E-state index contributed by atoms with van der Waals surface area (Å²) in [6.07, 6.45) is 0. The molecule has 0 saturated heterocycles. The summed E-state index contributed by atoms with van der Waals surface area (Å²) >= 11 is 0. The third-order valence-electron chi connectivity index (χ3n) is 3.15. The van der Waals surface area contributed by atoms with E-state index in [0.29, 0.717) is 13.2 Å². The molecule has 0 bridgehead atoms. The summed E-state index contributed by atoms with van der Waals surface area (Å²) < 4.78 is 11.1. The van der Waals surface area contributed by atoms with Crippen LogP contribution in [-0.4, -0.2) is 12.1 Å². The number of benzene rings is 1. The first-order valence-corrected chi connectivity index (χ1v) is 6.57. The summed E-state index contributed by atoms with van der Waals surface area (Å²) in [4.78, 5) is 4.41. The number of methoxy groups -OCH3 is 1. The molecular weight excluding hydrogens is 252 g/mol. The van der Waals surface area contributed by atoms with Gasteiger partial charge in [0.25, 0.3) is 0 Å². The maximum atomic E-state index is 5.90. The average Bonchev–Trinajstić information content (AvgIpc) is 2.45. The Morgan fingerprint density at radius 2 is 2.00 bits per heavy atom. The topological polar surface area (TPSA) is 57.4 Å². The molecule has 1 heterocycles. The van der Waals surface area contributed by atoms with E-state index in [1.54, 1.807) is 7.11 Å². The zero-order valence-corrected chi connectivity index (χ0v) is 12.1. The lowest BCUT2D eigenvalue weighted by Crippen LogP contribution is -2.07. The van der Waals surface area contributed by atoms with Gasteiger partial charge in [0, 0.05) is 29.6 Å². The lowest BCUT2D eigenvalue weighted by molar-refractivity contribution is 0.301. The summed E-state index contributed by atoms with van der Waals surface area (Å²) in [6.45, 7) is 4.80. The molecule has 0 saturated carbocycles. The fourth-order valence-electron chi connectivity index (χ4n) is 2.12. The third-order valence-corrected chi connectivity index (χ3v) is 3.15. The van der Waals surface area contributed by atoms with E-state index in [9.17, 15) is 0 Å². The molecule has 1 aromatic carbocycles. The number of hydrogen-bond acceptors (Lipinski definition) is 4. The monoisotopic (exact) mass is 272 g/mol. The van der Waals surface area contributed by atoms with Crippen LogP contribution in [-0.2, 0) is 13.2 Å². The van der Waals surface area contributed by atoms with Crippen molar-refractivity contribution in [2.45, 2.75) is 27.0 Å². The minimum absolute atomic E-state index is 0.423. The first kappa shape index (κ1) is 14.3. The van der Waals surface area contributed by atoms with Gasteiger partial charge in [-0.15, -0.1) is 0 Å². The van der Waals surface area contributed by atoms with Gasteiger partial charge in [0.15, 0.2) is 0 Å². The van der Waals surface area contributed by atoms with Crippen LogP contribution in [0.5, 0.6) is 11.5 Å². The van der Waals surface area contributed by atoms with Crippen LogP contribution in [0.1, 0.15) is 22.5 Å². The second-order valence-corrected chi connectivity index (χ2v) is 4.67. The third kappa shape index (κ3) is 3.27. The predicted molar refractivity (Wildman–Crippen MR) is 78.9 cm³/mol. The van der Waals surface area contributed by atoms with Gasteiger partial charge in [0.2, 0.25) is 0 Å². The standard InChI is InChI=1S/C16H20N2O2/c1-11-7-16(15(9-17)12(2)18-11)20-10-13-5-4-6-14(8-13)19-3/h4-8H,9-10,17H2,1-3H3. The molecule has 0 fully saturated rings. The van der Waals surface area contributed by atoms with Crippen molar-refractivity contribution in [1.29, 1.82) is 0 Å². The average molecular weight is 272 g/mol. The van der Waals surface area contributed by atoms with Gasteiger partial charge in [-0.05, 0) is 31.5 Å². The van der Waals surface area contributed by atoms with Crippen LogP contribution in [0.25, 0.3) is 0 Å². The minimum Gasteiger partial charge on any atom is -0.497 e. The van der Waals surface area contributed by atoms with Crippen molar-refractivity contribution in [2.75, 3.05) is 7.11 Å². The highest BCUT2D eigenvalue weighted by atomic mass is 16.5. The summed E-state index contributed by atoms with van der Waals surface area (Å²) in [5.74, 6) is 1.63. The Balaban J connectivity index is 2.18. The number of ether oxygens (including phenoxy) is 2. The summed E-state index contributed by atoms with van der Waals surface area (Å²) in [5, 5.41) is 0. The number of nitrogens with zero attached hydrogens (tertiary/aromatic N) is 1. The molecule has 0 spiro atoms. The smallest absolute Gasteiger partial charge is 0.127 e. The Labute approximate surface area is 119 Å². The summed E-state index contributed by atoms with van der Waals surface area (Å²) in [7, 11) is 1.65. The lowest BCUT2D eigenvalue weighted by atomic mass is 10.1. The van der Waals surface area contributed by atoms with Crippen molar-refractivity contribution in [3.63, 3.8) is 0 Å². The van der Waals surface area contributed by atoms with Crippen molar-refractivity contribution >= 4 is 0 Å². The highest BCUT2D eigenvalue weighted by Crippen LogP contribution is 2.23. The van der Waals surface area contributed by atoms with Gasteiger partial charge >= 0.3 is 0 Å². The van der Waals surface area contributed by atoms with Crippen LogP contribution >= 0.6 is 0 Å². The largest absolute Gasteiger partial charge is 0.497 e. The number of nitrogens with two attached hydrogens (primary N) is 1. The molecule has 1 aromatic heterocycles. The molecule has 2 N–H and O–H groups in total. The Hall–Kier alpha value is -2.07. The van der Waals surface area contributed by atoms with E-state index in [2.05, 4.69) is 4.98 Å². The van der Waals surface area contributed by atoms with Crippen LogP contribution in [0, 0.1) is 13.8 Å². The second kappa shape index (κ2) is 6.39. The van der Waals surface area contributed by atoms with Crippen LogP contribution in [0.2, 0.25) is 0 Å². The van der Waals surface area contributed by atoms with E-state index in [0.717, 1.165) is 34.0 Å². The fraction of sp³-hybridized carbons (Fsp3) is 0.312. The molecule has 2 aromatic rings. The minimum atomic E-state index is 0.423. The highest BCUT2D eigenvalue weighted by Gasteiger charge is 2.08. The first-order chi connectivity index (χ1) is 9.63. The van der Waals surface area contributed by atoms with Crippen LogP contribution in [0.15, 0.2) is 30.3 Å². The van der Waals surface area contributed by atoms with Gasteiger partial charge < -0.3 is 15.2 Å². The quantitative estimate of drug-likeness (QED) is 0.909. The molecule has 20 heavy (non-hydrogen) atoms. The van der Waals surface area contributed by atoms with Crippen LogP contribution in [0.3, 0.4) is 0 Å². The van der Waals surface area contributed by atoms with E-state index in [1.165, 1.54) is 0 Å². The molecule has 0 radical (unpaired) electrons. The van der Waals surface area contributed by atoms with Gasteiger partial charge in [0.05, 0.1) is 7.11 Å². The summed E-state index contributed by atoms with van der Waals surface area (Å²) in [5.41, 5.74) is 9.64. The van der Waals surface area contributed by atoms with Crippen LogP contribution < -0.4 is 15.2 Å². The SMILES string of the molecule is COc1cccc(COc2cc(C)nc(C)c2CN)c1. The Kier molecular flexibility index (Phi) is 4.58. The highest BCUT2D eigenvalue weighted by molar-refractivity contribution is 5.38. The molecule has 0 amide bonds. The van der Waals surface area contributed by atoms with Gasteiger partial charge in [-0.3, -0.25) is 4.98 Å². The maximum Gasteiger partial charge on any atom is 0.127 e. The summed E-state index contributed by atoms with van der Waals surface area (Å²) in [6, 6.07) is 9.75. The molecule has 2 rings (SSSR count). The van der Waals surface area contributed by atoms with E-state index >= 15 is 0 Å². The van der Waals surface area contributed by atoms with E-state index in [1.807, 2.05) is 44.2 Å². The number of pyridine rings is 1. The molecule has 0 atom stereocenters. The zero-order valence-electron chi connectivity index (χ0n) is 12.1. The molecule has 0 aliphatic heterocycles. The van der Waals surface area contributed by atoms with Gasteiger partial charge in [-0.1, -0.05) is 12.1 Å². The van der Waals surface area contributed by atoms with Crippen molar-refractivity contribution in [1.82, 2.24) is 4.98 Å². The predicted octanol–water partition coefficient (Wildman–Crippen LogP) is 2.74. The lowest BCUT2D eigenvalue weighted by Gasteiger charge is -2.13. The first-order valence-electron chi connectivity index (χ1n) is 6.57. The van der Waals surface area contributed by atoms with Crippen molar-refractivity contribution < 1.29 is 9.47 Å². The van der Waals surface area contributed by atoms with Gasteiger partial charge in [0.1, 0.15) is 18.1 Å². The molecule has 0 aliphatic carbocycles. The maximum absolute atomic E-state index is 5.90. The Bertz CT molecular complexity index is 597. The van der Waals surface area contributed by atoms with E-state index in [4.69, 9.17) is 15.2 Å². The van der Waals surface area contributed by atoms with E-state index < -0.39 is 0 Å². The molecule has 106 valence electrons. The molecule has 0 unspecified atom stereocenters. The number of rotatable bonds is 5. The number of aromatic nitrogens is 1. The Morgan fingerprint density at radius 1 is 1.20 bits per heavy atom. The van der Waals surface area contributed by atoms with Crippen molar-refractivity contribution in [3.8, 4) is 11.5 Å². The number of hydrogen-bond donors (Lipinski definition) is 1. The molecular formula is C16H20N2O2. The van der Waals surface area contributed by atoms with Crippen LogP contribution in [0.4, 0.5) is 0 Å². The normalized spacial score (nSPS) is 10.4. The van der Waals surface area contributed by atoms with Gasteiger partial charge in [-0.25, -0.2) is 0 Å². The number of aryl methyl sites for hydroxylation is 2. The molecule has 0 aliphatic rings. The fourth-order valence-corrected chi connectivity index (χ4v) is 2.12. The van der Waals surface area contributed by atoms with Gasteiger partial charge in [-0.2, -0.15) is 0 Å². The second-order valence-electron chi connectivity index (χ2n) is 4.67. The van der Waals surface area contributed by atoms with Crippen molar-refractivity contribution in [3.05, 3.63) is 52.8 Å². The van der Waals surface area contributed by atoms with Crippen molar-refractivity contribution in [2.24, 2.45) is 5.73 Å². The zero-order chi connectivity index (χ0) is 14.5. The molecule has 4 heteroatoms. The molecule has 4 nitrogen and oxygen atoms in total. The Morgan fingerprint density at radius 3 is 2.70 bits per heavy atom.